The molecule has 0 radical (unpaired) electrons. The van der Waals surface area contributed by atoms with Crippen LogP contribution in [0.25, 0.3) is 5.57 Å². The van der Waals surface area contributed by atoms with E-state index in [1.165, 1.54) is 25.7 Å². The van der Waals surface area contributed by atoms with E-state index in [0.29, 0.717) is 0 Å². The molecule has 0 spiro atoms. The summed E-state index contributed by atoms with van der Waals surface area (Å²) in [7, 11) is 0. The Kier molecular flexibility index (Phi) is 2.38. The zero-order chi connectivity index (χ0) is 11.1. The Balaban J connectivity index is 2.08. The number of allylic oxidation sites excluding steroid dienone is 2. The number of fused-ring (bicyclic) bond motifs is 2. The fraction of sp³-hybridized carbons (Fsp3) is 0.500. The van der Waals surface area contributed by atoms with Crippen molar-refractivity contribution in [2.75, 3.05) is 0 Å². The van der Waals surface area contributed by atoms with Crippen LogP contribution < -0.4 is 0 Å². The van der Waals surface area contributed by atoms with Crippen LogP contribution in [0.5, 0.6) is 0 Å². The molecule has 0 heterocycles. The van der Waals surface area contributed by atoms with Gasteiger partial charge in [-0.1, -0.05) is 43.7 Å². The van der Waals surface area contributed by atoms with E-state index in [4.69, 9.17) is 0 Å². The normalized spacial score (nSPS) is 23.6. The van der Waals surface area contributed by atoms with Gasteiger partial charge in [-0.05, 0) is 54.2 Å². The third kappa shape index (κ3) is 1.43. The molecule has 1 unspecified atom stereocenters. The van der Waals surface area contributed by atoms with Gasteiger partial charge in [0.05, 0.1) is 0 Å². The van der Waals surface area contributed by atoms with Crippen molar-refractivity contribution < 1.29 is 0 Å². The molecule has 16 heavy (non-hydrogen) atoms. The van der Waals surface area contributed by atoms with E-state index in [-0.39, 0.29) is 0 Å². The molecule has 0 fully saturated rings. The molecule has 3 rings (SSSR count). The Morgan fingerprint density at radius 3 is 2.81 bits per heavy atom. The maximum atomic E-state index is 2.38. The molecule has 84 valence electrons. The number of hydrogen-bond acceptors (Lipinski definition) is 0. The summed E-state index contributed by atoms with van der Waals surface area (Å²) in [6, 6.07) is 9.02. The SMILES string of the molecule is CC(C)C1CCCC2=C1c1ccccc1C2. The molecule has 2 aliphatic rings. The molecule has 0 amide bonds. The highest BCUT2D eigenvalue weighted by Gasteiger charge is 2.31. The molecule has 1 aromatic carbocycles. The van der Waals surface area contributed by atoms with Gasteiger partial charge in [-0.3, -0.25) is 0 Å². The third-order valence-electron chi connectivity index (χ3n) is 4.26. The molecular weight excluding hydrogens is 192 g/mol. The fourth-order valence-corrected chi connectivity index (χ4v) is 3.48. The largest absolute Gasteiger partial charge is 0.0622 e. The number of rotatable bonds is 1. The minimum absolute atomic E-state index is 0.788. The van der Waals surface area contributed by atoms with Gasteiger partial charge >= 0.3 is 0 Å². The maximum Gasteiger partial charge on any atom is -0.00549 e. The van der Waals surface area contributed by atoms with Crippen molar-refractivity contribution in [1.29, 1.82) is 0 Å². The summed E-state index contributed by atoms with van der Waals surface area (Å²) in [6.45, 7) is 4.75. The first-order chi connectivity index (χ1) is 7.77. The molecule has 1 atom stereocenters. The topological polar surface area (TPSA) is 0 Å². The molecule has 0 saturated heterocycles. The molecular formula is C16H20. The first kappa shape index (κ1) is 10.1. The summed E-state index contributed by atoms with van der Waals surface area (Å²) in [5, 5.41) is 0. The van der Waals surface area contributed by atoms with Gasteiger partial charge in [0.15, 0.2) is 0 Å². The molecule has 2 aliphatic carbocycles. The van der Waals surface area contributed by atoms with E-state index in [1.807, 2.05) is 0 Å². The standard InChI is InChI=1S/C16H20/c1-11(2)14-9-5-7-13-10-12-6-3-4-8-15(12)16(13)14/h3-4,6,8,11,14H,5,7,9-10H2,1-2H3. The summed E-state index contributed by atoms with van der Waals surface area (Å²) in [5.41, 5.74) is 6.60. The van der Waals surface area contributed by atoms with Crippen molar-refractivity contribution in [3.8, 4) is 0 Å². The van der Waals surface area contributed by atoms with Crippen molar-refractivity contribution in [2.24, 2.45) is 11.8 Å². The summed E-state index contributed by atoms with van der Waals surface area (Å²) in [5.74, 6) is 1.60. The van der Waals surface area contributed by atoms with Crippen molar-refractivity contribution in [2.45, 2.75) is 39.5 Å². The summed E-state index contributed by atoms with van der Waals surface area (Å²) >= 11 is 0. The molecule has 0 aliphatic heterocycles. The Morgan fingerprint density at radius 1 is 1.19 bits per heavy atom. The van der Waals surface area contributed by atoms with Crippen LogP contribution in [0, 0.1) is 11.8 Å². The fourth-order valence-electron chi connectivity index (χ4n) is 3.48. The average Bonchev–Trinajstić information content (AvgIpc) is 2.66. The number of hydrogen-bond donors (Lipinski definition) is 0. The zero-order valence-corrected chi connectivity index (χ0v) is 10.3. The quantitative estimate of drug-likeness (QED) is 0.645. The van der Waals surface area contributed by atoms with Crippen LogP contribution in [0.4, 0.5) is 0 Å². The van der Waals surface area contributed by atoms with Crippen LogP contribution in [0.1, 0.15) is 44.2 Å². The van der Waals surface area contributed by atoms with Crippen LogP contribution in [-0.4, -0.2) is 0 Å². The zero-order valence-electron chi connectivity index (χ0n) is 10.3. The Labute approximate surface area is 98.4 Å². The highest BCUT2D eigenvalue weighted by atomic mass is 14.4. The molecule has 0 saturated carbocycles. The van der Waals surface area contributed by atoms with Crippen molar-refractivity contribution >= 4 is 5.57 Å². The Morgan fingerprint density at radius 2 is 2.00 bits per heavy atom. The van der Waals surface area contributed by atoms with Gasteiger partial charge in [0.2, 0.25) is 0 Å². The van der Waals surface area contributed by atoms with Crippen LogP contribution in [0.15, 0.2) is 29.8 Å². The van der Waals surface area contributed by atoms with Crippen molar-refractivity contribution in [3.05, 3.63) is 41.0 Å². The van der Waals surface area contributed by atoms with Gasteiger partial charge in [0.1, 0.15) is 0 Å². The van der Waals surface area contributed by atoms with E-state index < -0.39 is 0 Å². The molecule has 0 aromatic heterocycles. The van der Waals surface area contributed by atoms with Crippen LogP contribution in [-0.2, 0) is 6.42 Å². The van der Waals surface area contributed by atoms with Gasteiger partial charge in [0, 0.05) is 0 Å². The average molecular weight is 212 g/mol. The highest BCUT2D eigenvalue weighted by molar-refractivity contribution is 5.78. The molecule has 0 heteroatoms. The summed E-state index contributed by atoms with van der Waals surface area (Å²) in [6.07, 6.45) is 5.36. The smallest absolute Gasteiger partial charge is 0.00549 e. The van der Waals surface area contributed by atoms with E-state index in [9.17, 15) is 0 Å². The number of benzene rings is 1. The van der Waals surface area contributed by atoms with E-state index in [0.717, 1.165) is 11.8 Å². The van der Waals surface area contributed by atoms with Crippen LogP contribution in [0.2, 0.25) is 0 Å². The molecule has 0 N–H and O–H groups in total. The van der Waals surface area contributed by atoms with Gasteiger partial charge < -0.3 is 0 Å². The van der Waals surface area contributed by atoms with E-state index in [1.54, 1.807) is 22.3 Å². The predicted molar refractivity (Wildman–Crippen MR) is 69.2 cm³/mol. The molecule has 0 bridgehead atoms. The van der Waals surface area contributed by atoms with Crippen LogP contribution >= 0.6 is 0 Å². The maximum absolute atomic E-state index is 2.38. The lowest BCUT2D eigenvalue weighted by atomic mass is 9.76. The Bertz CT molecular complexity index is 437. The van der Waals surface area contributed by atoms with Gasteiger partial charge in [-0.2, -0.15) is 0 Å². The van der Waals surface area contributed by atoms with Crippen LogP contribution in [0.3, 0.4) is 0 Å². The lowest BCUT2D eigenvalue weighted by Gasteiger charge is -2.28. The molecule has 0 nitrogen and oxygen atoms in total. The Hall–Kier alpha value is -1.04. The first-order valence-electron chi connectivity index (χ1n) is 6.57. The second kappa shape index (κ2) is 3.76. The van der Waals surface area contributed by atoms with Gasteiger partial charge in [0.25, 0.3) is 0 Å². The van der Waals surface area contributed by atoms with E-state index >= 15 is 0 Å². The second-order valence-corrected chi connectivity index (χ2v) is 5.59. The van der Waals surface area contributed by atoms with E-state index in [2.05, 4.69) is 38.1 Å². The highest BCUT2D eigenvalue weighted by Crippen LogP contribution is 2.46. The predicted octanol–water partition coefficient (Wildman–Crippen LogP) is 4.45. The summed E-state index contributed by atoms with van der Waals surface area (Å²) in [4.78, 5) is 0. The lowest BCUT2D eigenvalue weighted by Crippen LogP contribution is -2.15. The third-order valence-corrected chi connectivity index (χ3v) is 4.26. The molecule has 1 aromatic rings. The first-order valence-corrected chi connectivity index (χ1v) is 6.57. The second-order valence-electron chi connectivity index (χ2n) is 5.59. The van der Waals surface area contributed by atoms with Gasteiger partial charge in [-0.25, -0.2) is 0 Å². The van der Waals surface area contributed by atoms with Gasteiger partial charge in [-0.15, -0.1) is 0 Å². The lowest BCUT2D eigenvalue weighted by molar-refractivity contribution is 0.422. The monoisotopic (exact) mass is 212 g/mol. The minimum atomic E-state index is 0.788. The minimum Gasteiger partial charge on any atom is -0.0622 e. The van der Waals surface area contributed by atoms with Crippen molar-refractivity contribution in [3.63, 3.8) is 0 Å². The summed E-state index contributed by atoms with van der Waals surface area (Å²) < 4.78 is 0. The van der Waals surface area contributed by atoms with Crippen molar-refractivity contribution in [1.82, 2.24) is 0 Å².